The van der Waals surface area contributed by atoms with Gasteiger partial charge in [0.2, 0.25) is 5.91 Å². The van der Waals surface area contributed by atoms with Crippen LogP contribution in [0.4, 0.5) is 4.79 Å². The maximum absolute atomic E-state index is 13.7. The fraction of sp³-hybridized carbons (Fsp3) is 0.733. The zero-order valence-corrected chi connectivity index (χ0v) is 23.1. The third-order valence-corrected chi connectivity index (χ3v) is 9.49. The van der Waals surface area contributed by atoms with Gasteiger partial charge in [-0.25, -0.2) is 4.79 Å². The summed E-state index contributed by atoms with van der Waals surface area (Å²) in [5, 5.41) is 13.9. The van der Waals surface area contributed by atoms with Crippen LogP contribution in [0.3, 0.4) is 0 Å². The second-order valence-electron chi connectivity index (χ2n) is 12.0. The summed E-state index contributed by atoms with van der Waals surface area (Å²) in [6.45, 7) is 7.03. The van der Waals surface area contributed by atoms with Gasteiger partial charge in [-0.05, 0) is 68.3 Å². The van der Waals surface area contributed by atoms with Crippen molar-refractivity contribution in [3.8, 4) is 0 Å². The molecular weight excluding hydrogens is 466 g/mol. The molecule has 2 N–H and O–H groups in total. The Morgan fingerprint density at radius 1 is 1.14 bits per heavy atom. The van der Waals surface area contributed by atoms with Gasteiger partial charge in [0.05, 0.1) is 24.3 Å². The van der Waals surface area contributed by atoms with Crippen LogP contribution in [-0.4, -0.2) is 77.9 Å². The number of aliphatic hydroxyl groups is 1. The average Bonchev–Trinajstić information content (AvgIpc) is 3.14. The van der Waals surface area contributed by atoms with Gasteiger partial charge in [-0.1, -0.05) is 50.6 Å². The molecule has 1 aliphatic heterocycles. The minimum atomic E-state index is -0.763. The fourth-order valence-electron chi connectivity index (χ4n) is 6.78. The van der Waals surface area contributed by atoms with Gasteiger partial charge < -0.3 is 25.0 Å². The summed E-state index contributed by atoms with van der Waals surface area (Å²) >= 11 is 0. The summed E-state index contributed by atoms with van der Waals surface area (Å²) in [6, 6.07) is 10.9. The van der Waals surface area contributed by atoms with E-state index in [9.17, 15) is 14.7 Å². The number of benzene rings is 1. The lowest BCUT2D eigenvalue weighted by Gasteiger charge is -2.51. The molecule has 206 valence electrons. The molecule has 7 heteroatoms. The minimum Gasteiger partial charge on any atom is -0.388 e. The molecule has 1 spiro atoms. The predicted molar refractivity (Wildman–Crippen MR) is 145 cm³/mol. The monoisotopic (exact) mass is 513 g/mol. The van der Waals surface area contributed by atoms with Crippen molar-refractivity contribution in [2.45, 2.75) is 94.6 Å². The second kappa shape index (κ2) is 11.7. The molecule has 3 aliphatic rings. The molecule has 2 aliphatic carbocycles. The first kappa shape index (κ1) is 27.9. The van der Waals surface area contributed by atoms with Crippen LogP contribution in [0, 0.1) is 5.92 Å². The number of carbonyl (C=O) groups excluding carboxylic acids is 2. The lowest BCUT2D eigenvalue weighted by atomic mass is 9.60. The molecule has 7 nitrogen and oxygen atoms in total. The summed E-state index contributed by atoms with van der Waals surface area (Å²) in [5.41, 5.74) is 0.505. The number of hydrogen-bond donors (Lipinski definition) is 2. The highest BCUT2D eigenvalue weighted by Crippen LogP contribution is 2.51. The lowest BCUT2D eigenvalue weighted by Crippen LogP contribution is -2.58. The van der Waals surface area contributed by atoms with Crippen molar-refractivity contribution >= 4 is 11.9 Å². The molecule has 1 saturated heterocycles. The quantitative estimate of drug-likeness (QED) is 0.404. The standard InChI is InChI=1S/C30H47N3O4/c1-4-24(2)21-28(25-9-6-5-7-10-25)14-16-29(17-15-28)22-32(19-11-26(34)31-18-20-37-3)27(35)33(29)23-30(36)12-8-13-30/h5-7,9-10,24,36H,4,8,11-23H2,1-3H3,(H,31,34)/t24?,28-,29-. The number of nitrogens with one attached hydrogen (secondary N) is 1. The Morgan fingerprint density at radius 2 is 1.84 bits per heavy atom. The van der Waals surface area contributed by atoms with Crippen LogP contribution in [0.15, 0.2) is 30.3 Å². The Bertz CT molecular complexity index is 909. The summed E-state index contributed by atoms with van der Waals surface area (Å²) < 4.78 is 5.01. The first-order chi connectivity index (χ1) is 17.7. The molecule has 4 rings (SSSR count). The smallest absolute Gasteiger partial charge is 0.320 e. The molecule has 37 heavy (non-hydrogen) atoms. The number of β-amino-alcohol motifs (C(OH)–C–C–N with tert-alkyl or cyclic N) is 1. The molecule has 1 aromatic carbocycles. The molecule has 3 fully saturated rings. The first-order valence-corrected chi connectivity index (χ1v) is 14.3. The van der Waals surface area contributed by atoms with E-state index in [1.807, 2.05) is 9.80 Å². The number of methoxy groups -OCH3 is 1. The molecule has 1 heterocycles. The van der Waals surface area contributed by atoms with Gasteiger partial charge in [-0.3, -0.25) is 4.79 Å². The fourth-order valence-corrected chi connectivity index (χ4v) is 6.78. The van der Waals surface area contributed by atoms with E-state index < -0.39 is 5.60 Å². The first-order valence-electron chi connectivity index (χ1n) is 14.3. The van der Waals surface area contributed by atoms with Crippen molar-refractivity contribution in [2.75, 3.05) is 39.9 Å². The van der Waals surface area contributed by atoms with Crippen LogP contribution >= 0.6 is 0 Å². The summed E-state index contributed by atoms with van der Waals surface area (Å²) in [5.74, 6) is 0.578. The van der Waals surface area contributed by atoms with E-state index >= 15 is 0 Å². The zero-order valence-electron chi connectivity index (χ0n) is 23.1. The van der Waals surface area contributed by atoms with Gasteiger partial charge in [-0.15, -0.1) is 0 Å². The largest absolute Gasteiger partial charge is 0.388 e. The van der Waals surface area contributed by atoms with Gasteiger partial charge in [0.15, 0.2) is 0 Å². The highest BCUT2D eigenvalue weighted by Gasteiger charge is 2.55. The van der Waals surface area contributed by atoms with Gasteiger partial charge in [0.1, 0.15) is 0 Å². The molecule has 1 aromatic rings. The number of amides is 3. The van der Waals surface area contributed by atoms with E-state index in [4.69, 9.17) is 4.74 Å². The molecule has 3 amide bonds. The number of nitrogens with zero attached hydrogens (tertiary/aromatic N) is 2. The molecular formula is C30H47N3O4. The number of carbonyl (C=O) groups is 2. The van der Waals surface area contributed by atoms with Crippen molar-refractivity contribution in [1.82, 2.24) is 15.1 Å². The SMILES string of the molecule is CCC(C)C[C@]1(c2ccccc2)CC[C@]2(CC1)CN(CCC(=O)NCCOC)C(=O)N2CC1(O)CCC1. The van der Waals surface area contributed by atoms with Gasteiger partial charge in [-0.2, -0.15) is 0 Å². The molecule has 0 radical (unpaired) electrons. The normalized spacial score (nSPS) is 27.8. The molecule has 1 atom stereocenters. The van der Waals surface area contributed by atoms with Crippen LogP contribution in [0.1, 0.15) is 83.6 Å². The Morgan fingerprint density at radius 3 is 2.43 bits per heavy atom. The van der Waals surface area contributed by atoms with E-state index in [0.29, 0.717) is 38.7 Å². The van der Waals surface area contributed by atoms with E-state index in [-0.39, 0.29) is 29.3 Å². The van der Waals surface area contributed by atoms with Crippen LogP contribution < -0.4 is 5.32 Å². The highest BCUT2D eigenvalue weighted by molar-refractivity contribution is 5.80. The van der Waals surface area contributed by atoms with Crippen LogP contribution in [0.5, 0.6) is 0 Å². The maximum Gasteiger partial charge on any atom is 0.320 e. The Kier molecular flexibility index (Phi) is 8.85. The van der Waals surface area contributed by atoms with Crippen molar-refractivity contribution in [1.29, 1.82) is 0 Å². The predicted octanol–water partition coefficient (Wildman–Crippen LogP) is 4.48. The summed E-state index contributed by atoms with van der Waals surface area (Å²) in [6.07, 6.45) is 9.07. The Labute approximate surface area is 222 Å². The van der Waals surface area contributed by atoms with Crippen LogP contribution in [0.25, 0.3) is 0 Å². The van der Waals surface area contributed by atoms with Crippen molar-refractivity contribution in [2.24, 2.45) is 5.92 Å². The third kappa shape index (κ3) is 6.14. The topological polar surface area (TPSA) is 82.1 Å². The molecule has 2 saturated carbocycles. The zero-order chi connectivity index (χ0) is 26.5. The number of ether oxygens (including phenoxy) is 1. The van der Waals surface area contributed by atoms with Crippen molar-refractivity contribution in [3.63, 3.8) is 0 Å². The van der Waals surface area contributed by atoms with Gasteiger partial charge in [0.25, 0.3) is 0 Å². The van der Waals surface area contributed by atoms with Crippen molar-refractivity contribution in [3.05, 3.63) is 35.9 Å². The third-order valence-electron chi connectivity index (χ3n) is 9.49. The van der Waals surface area contributed by atoms with Crippen LogP contribution in [-0.2, 0) is 14.9 Å². The minimum absolute atomic E-state index is 0.0147. The Balaban J connectivity index is 1.51. The van der Waals surface area contributed by atoms with Crippen molar-refractivity contribution < 1.29 is 19.4 Å². The lowest BCUT2D eigenvalue weighted by molar-refractivity contribution is -0.121. The summed E-state index contributed by atoms with van der Waals surface area (Å²) in [4.78, 5) is 29.9. The summed E-state index contributed by atoms with van der Waals surface area (Å²) in [7, 11) is 1.61. The van der Waals surface area contributed by atoms with Crippen LogP contribution in [0.2, 0.25) is 0 Å². The van der Waals surface area contributed by atoms with E-state index in [1.54, 1.807) is 7.11 Å². The molecule has 1 unspecified atom stereocenters. The van der Waals surface area contributed by atoms with E-state index in [2.05, 4.69) is 49.5 Å². The van der Waals surface area contributed by atoms with Gasteiger partial charge >= 0.3 is 6.03 Å². The average molecular weight is 514 g/mol. The Hall–Kier alpha value is -2.12. The number of rotatable bonds is 12. The highest BCUT2D eigenvalue weighted by atomic mass is 16.5. The molecule has 0 bridgehead atoms. The second-order valence-corrected chi connectivity index (χ2v) is 12.0. The van der Waals surface area contributed by atoms with E-state index in [1.165, 1.54) is 5.56 Å². The molecule has 0 aromatic heterocycles. The van der Waals surface area contributed by atoms with Gasteiger partial charge in [0, 0.05) is 33.2 Å². The number of hydrogen-bond acceptors (Lipinski definition) is 4. The number of urea groups is 1. The maximum atomic E-state index is 13.7. The van der Waals surface area contributed by atoms with E-state index in [0.717, 1.165) is 57.8 Å².